The summed E-state index contributed by atoms with van der Waals surface area (Å²) in [7, 11) is 0. The normalized spacial score (nSPS) is 21.5. The first kappa shape index (κ1) is 23.0. The molecule has 29 heavy (non-hydrogen) atoms. The van der Waals surface area contributed by atoms with E-state index in [0.29, 0.717) is 32.4 Å². The smallest absolute Gasteiger partial charge is 0.331 e. The third kappa shape index (κ3) is 5.22. The van der Waals surface area contributed by atoms with Crippen molar-refractivity contribution in [3.05, 3.63) is 35.9 Å². The Kier molecular flexibility index (Phi) is 8.34. The number of Topliss-reactive ketones (excluding diaryl/α,β-unsaturated/α-hetero) is 1. The molecule has 0 aliphatic carbocycles. The lowest BCUT2D eigenvalue weighted by Gasteiger charge is -2.35. The number of ketones is 1. The predicted octanol–water partition coefficient (Wildman–Crippen LogP) is 2.04. The lowest BCUT2D eigenvalue weighted by molar-refractivity contribution is -0.156. The summed E-state index contributed by atoms with van der Waals surface area (Å²) in [5.41, 5.74) is -0.447. The number of nitrogens with one attached hydrogen (secondary N) is 1. The molecule has 0 saturated carbocycles. The second kappa shape index (κ2) is 10.5. The maximum atomic E-state index is 13.2. The van der Waals surface area contributed by atoms with Crippen LogP contribution in [0.25, 0.3) is 0 Å². The van der Waals surface area contributed by atoms with Crippen molar-refractivity contribution in [2.45, 2.75) is 64.1 Å². The highest BCUT2D eigenvalue weighted by molar-refractivity contribution is 6.10. The summed E-state index contributed by atoms with van der Waals surface area (Å²) >= 11 is 0. The molecule has 2 rings (SSSR count). The number of carbonyl (C=O) groups excluding carboxylic acids is 2. The molecule has 1 aliphatic heterocycles. The standard InChI is InChI=1S/C22H32N2O5/c1-4-24-15-9-14-22(24,21(27)28)19(25)16(3)23-18(20(26)29-5-2)13-12-17-10-7-6-8-11-17/h6-8,10-11,16,18,23H,4-5,9,12-15H2,1-3H3,(H,27,28)/t16-,18?,22+/m0/s1. The van der Waals surface area contributed by atoms with Gasteiger partial charge < -0.3 is 9.84 Å². The van der Waals surface area contributed by atoms with E-state index >= 15 is 0 Å². The summed E-state index contributed by atoms with van der Waals surface area (Å²) in [6.45, 7) is 6.53. The molecule has 0 spiro atoms. The minimum atomic E-state index is -1.53. The van der Waals surface area contributed by atoms with E-state index in [1.807, 2.05) is 37.3 Å². The third-order valence-corrected chi connectivity index (χ3v) is 5.63. The van der Waals surface area contributed by atoms with Gasteiger partial charge in [-0.25, -0.2) is 4.79 Å². The number of benzene rings is 1. The van der Waals surface area contributed by atoms with Crippen molar-refractivity contribution in [2.24, 2.45) is 0 Å². The number of aliphatic carboxylic acids is 1. The van der Waals surface area contributed by atoms with E-state index in [-0.39, 0.29) is 13.0 Å². The van der Waals surface area contributed by atoms with Gasteiger partial charge in [0.25, 0.3) is 0 Å². The lowest BCUT2D eigenvalue weighted by Crippen LogP contribution is -2.62. The minimum Gasteiger partial charge on any atom is -0.480 e. The fraction of sp³-hybridized carbons (Fsp3) is 0.591. The largest absolute Gasteiger partial charge is 0.480 e. The summed E-state index contributed by atoms with van der Waals surface area (Å²) in [4.78, 5) is 39.5. The number of hydrogen-bond acceptors (Lipinski definition) is 6. The first-order valence-corrected chi connectivity index (χ1v) is 10.4. The summed E-state index contributed by atoms with van der Waals surface area (Å²) in [6, 6.07) is 8.29. The van der Waals surface area contributed by atoms with Crippen LogP contribution in [0.4, 0.5) is 0 Å². The maximum Gasteiger partial charge on any atom is 0.331 e. The number of carbonyl (C=O) groups is 3. The van der Waals surface area contributed by atoms with E-state index in [1.54, 1.807) is 18.7 Å². The molecule has 0 radical (unpaired) electrons. The van der Waals surface area contributed by atoms with Gasteiger partial charge in [-0.05, 0) is 58.2 Å². The molecule has 1 heterocycles. The minimum absolute atomic E-state index is 0.243. The molecule has 1 saturated heterocycles. The van der Waals surface area contributed by atoms with E-state index in [4.69, 9.17) is 4.74 Å². The van der Waals surface area contributed by atoms with Crippen LogP contribution in [-0.4, -0.2) is 65.0 Å². The summed E-state index contributed by atoms with van der Waals surface area (Å²) in [5, 5.41) is 12.9. The number of hydrogen-bond donors (Lipinski definition) is 2. The average molecular weight is 405 g/mol. The highest BCUT2D eigenvalue weighted by Gasteiger charge is 2.54. The Balaban J connectivity index is 2.14. The Morgan fingerprint density at radius 2 is 1.93 bits per heavy atom. The molecule has 3 atom stereocenters. The van der Waals surface area contributed by atoms with Gasteiger partial charge in [0.2, 0.25) is 0 Å². The van der Waals surface area contributed by atoms with Crippen LogP contribution in [-0.2, 0) is 25.5 Å². The maximum absolute atomic E-state index is 13.2. The number of carboxylic acid groups (broad SMARTS) is 1. The Labute approximate surface area is 172 Å². The molecule has 7 heteroatoms. The number of ether oxygens (including phenoxy) is 1. The highest BCUT2D eigenvalue weighted by Crippen LogP contribution is 2.31. The Hall–Kier alpha value is -2.25. The van der Waals surface area contributed by atoms with Gasteiger partial charge in [0.15, 0.2) is 11.3 Å². The van der Waals surface area contributed by atoms with Gasteiger partial charge in [0.1, 0.15) is 6.04 Å². The molecular weight excluding hydrogens is 372 g/mol. The molecule has 0 amide bonds. The van der Waals surface area contributed by atoms with Crippen LogP contribution in [0, 0.1) is 0 Å². The monoisotopic (exact) mass is 404 g/mol. The van der Waals surface area contributed by atoms with Gasteiger partial charge >= 0.3 is 11.9 Å². The van der Waals surface area contributed by atoms with Gasteiger partial charge in [-0.1, -0.05) is 37.3 Å². The van der Waals surface area contributed by atoms with Crippen molar-refractivity contribution in [1.29, 1.82) is 0 Å². The van der Waals surface area contributed by atoms with Crippen molar-refractivity contribution < 1.29 is 24.2 Å². The summed E-state index contributed by atoms with van der Waals surface area (Å²) < 4.78 is 5.17. The van der Waals surface area contributed by atoms with E-state index in [1.165, 1.54) is 0 Å². The predicted molar refractivity (Wildman–Crippen MR) is 110 cm³/mol. The van der Waals surface area contributed by atoms with E-state index in [9.17, 15) is 19.5 Å². The SMILES string of the molecule is CCOC(=O)C(CCc1ccccc1)N[C@@H](C)C(=O)[C@@]1(C(=O)O)CCCN1CC. The zero-order valence-corrected chi connectivity index (χ0v) is 17.5. The first-order chi connectivity index (χ1) is 13.9. The highest BCUT2D eigenvalue weighted by atomic mass is 16.5. The number of carboxylic acids is 1. The second-order valence-corrected chi connectivity index (χ2v) is 7.43. The van der Waals surface area contributed by atoms with Gasteiger partial charge in [0.05, 0.1) is 12.6 Å². The molecule has 1 unspecified atom stereocenters. The number of likely N-dealkylation sites (tertiary alicyclic amines) is 1. The van der Waals surface area contributed by atoms with Gasteiger partial charge in [0, 0.05) is 0 Å². The van der Waals surface area contributed by atoms with Crippen molar-refractivity contribution in [2.75, 3.05) is 19.7 Å². The van der Waals surface area contributed by atoms with E-state index in [2.05, 4.69) is 5.32 Å². The van der Waals surface area contributed by atoms with Crippen molar-refractivity contribution in [3.8, 4) is 0 Å². The fourth-order valence-corrected chi connectivity index (χ4v) is 4.13. The van der Waals surface area contributed by atoms with Crippen molar-refractivity contribution in [3.63, 3.8) is 0 Å². The summed E-state index contributed by atoms with van der Waals surface area (Å²) in [5.74, 6) is -1.95. The van der Waals surface area contributed by atoms with E-state index < -0.39 is 35.3 Å². The molecule has 1 aromatic carbocycles. The Morgan fingerprint density at radius 3 is 2.52 bits per heavy atom. The molecule has 7 nitrogen and oxygen atoms in total. The second-order valence-electron chi connectivity index (χ2n) is 7.43. The fourth-order valence-electron chi connectivity index (χ4n) is 4.13. The number of nitrogens with zero attached hydrogens (tertiary/aromatic N) is 1. The molecule has 1 fully saturated rings. The van der Waals surface area contributed by atoms with Crippen LogP contribution < -0.4 is 5.32 Å². The van der Waals surface area contributed by atoms with Crippen LogP contribution in [0.3, 0.4) is 0 Å². The van der Waals surface area contributed by atoms with Crippen LogP contribution in [0.1, 0.15) is 45.6 Å². The first-order valence-electron chi connectivity index (χ1n) is 10.4. The number of aryl methyl sites for hydroxylation is 1. The average Bonchev–Trinajstić information content (AvgIpc) is 3.16. The molecule has 1 aromatic rings. The zero-order chi connectivity index (χ0) is 21.4. The zero-order valence-electron chi connectivity index (χ0n) is 17.5. The van der Waals surface area contributed by atoms with Gasteiger partial charge in [-0.2, -0.15) is 0 Å². The molecule has 2 N–H and O–H groups in total. The Bertz CT molecular complexity index is 708. The lowest BCUT2D eigenvalue weighted by atomic mass is 9.86. The van der Waals surface area contributed by atoms with Crippen LogP contribution in [0.15, 0.2) is 30.3 Å². The molecule has 160 valence electrons. The van der Waals surface area contributed by atoms with Crippen molar-refractivity contribution in [1.82, 2.24) is 10.2 Å². The third-order valence-electron chi connectivity index (χ3n) is 5.63. The quantitative estimate of drug-likeness (QED) is 0.430. The Morgan fingerprint density at radius 1 is 1.24 bits per heavy atom. The van der Waals surface area contributed by atoms with Crippen LogP contribution >= 0.6 is 0 Å². The summed E-state index contributed by atoms with van der Waals surface area (Å²) in [6.07, 6.45) is 2.05. The number of esters is 1. The molecule has 1 aliphatic rings. The van der Waals surface area contributed by atoms with Crippen molar-refractivity contribution >= 4 is 17.7 Å². The molecule has 0 bridgehead atoms. The van der Waals surface area contributed by atoms with Gasteiger partial charge in [-0.15, -0.1) is 0 Å². The van der Waals surface area contributed by atoms with E-state index in [0.717, 1.165) is 5.56 Å². The van der Waals surface area contributed by atoms with Crippen LogP contribution in [0.2, 0.25) is 0 Å². The van der Waals surface area contributed by atoms with Crippen LogP contribution in [0.5, 0.6) is 0 Å². The topological polar surface area (TPSA) is 95.9 Å². The molecule has 0 aromatic heterocycles. The number of likely N-dealkylation sites (N-methyl/N-ethyl adjacent to an activating group) is 1. The molecular formula is C22H32N2O5. The number of rotatable bonds is 11. The van der Waals surface area contributed by atoms with Gasteiger partial charge in [-0.3, -0.25) is 19.8 Å².